The first-order valence-corrected chi connectivity index (χ1v) is 18.5. The number of anilines is 3. The summed E-state index contributed by atoms with van der Waals surface area (Å²) >= 11 is 1.86. The van der Waals surface area contributed by atoms with Gasteiger partial charge >= 0.3 is 0 Å². The maximum Gasteiger partial charge on any atom is 0.0462 e. The van der Waals surface area contributed by atoms with Crippen LogP contribution < -0.4 is 4.90 Å². The van der Waals surface area contributed by atoms with Crippen LogP contribution in [0.25, 0.3) is 75.1 Å². The minimum absolute atomic E-state index is 1.12. The Bertz CT molecular complexity index is 2710. The maximum absolute atomic E-state index is 2.36. The third-order valence-corrected chi connectivity index (χ3v) is 11.4. The Morgan fingerprint density at radius 1 is 0.269 bits per heavy atom. The van der Waals surface area contributed by atoms with Crippen LogP contribution in [0, 0.1) is 0 Å². The predicted octanol–water partition coefficient (Wildman–Crippen LogP) is 14.8. The van der Waals surface area contributed by atoms with E-state index in [1.807, 2.05) is 11.3 Å². The van der Waals surface area contributed by atoms with E-state index in [0.29, 0.717) is 0 Å². The molecule has 0 saturated carbocycles. The lowest BCUT2D eigenvalue weighted by Gasteiger charge is -2.26. The van der Waals surface area contributed by atoms with Crippen molar-refractivity contribution >= 4 is 70.8 Å². The van der Waals surface area contributed by atoms with Gasteiger partial charge in [-0.1, -0.05) is 133 Å². The van der Waals surface area contributed by atoms with Crippen LogP contribution in [0.3, 0.4) is 0 Å². The van der Waals surface area contributed by atoms with Crippen molar-refractivity contribution in [1.29, 1.82) is 0 Å². The third kappa shape index (κ3) is 5.60. The van der Waals surface area contributed by atoms with Crippen LogP contribution in [0.1, 0.15) is 0 Å². The second-order valence-corrected chi connectivity index (χ2v) is 14.5. The Kier molecular flexibility index (Phi) is 7.41. The number of hydrogen-bond acceptors (Lipinski definition) is 2. The Hall–Kier alpha value is -6.48. The minimum atomic E-state index is 1.12. The molecule has 1 nitrogen and oxygen atoms in total. The Morgan fingerprint density at radius 2 is 0.654 bits per heavy atom. The molecule has 2 heteroatoms. The van der Waals surface area contributed by atoms with Gasteiger partial charge in [-0.25, -0.2) is 0 Å². The normalized spacial score (nSPS) is 11.5. The van der Waals surface area contributed by atoms with Crippen molar-refractivity contribution in [3.63, 3.8) is 0 Å². The maximum atomic E-state index is 2.36. The van der Waals surface area contributed by atoms with Crippen molar-refractivity contribution in [3.05, 3.63) is 200 Å². The van der Waals surface area contributed by atoms with Gasteiger partial charge in [0.05, 0.1) is 0 Å². The van der Waals surface area contributed by atoms with Crippen LogP contribution in [0.2, 0.25) is 0 Å². The number of hydrogen-bond donors (Lipinski definition) is 0. The molecule has 0 unspecified atom stereocenters. The van der Waals surface area contributed by atoms with E-state index in [9.17, 15) is 0 Å². The van der Waals surface area contributed by atoms with E-state index in [4.69, 9.17) is 0 Å². The summed E-state index contributed by atoms with van der Waals surface area (Å²) in [6.45, 7) is 0. The topological polar surface area (TPSA) is 3.24 Å². The van der Waals surface area contributed by atoms with Gasteiger partial charge in [-0.2, -0.15) is 0 Å². The van der Waals surface area contributed by atoms with Gasteiger partial charge in [0.2, 0.25) is 0 Å². The highest BCUT2D eigenvalue weighted by Gasteiger charge is 2.15. The molecule has 0 aliphatic rings. The van der Waals surface area contributed by atoms with Gasteiger partial charge in [0.15, 0.2) is 0 Å². The van der Waals surface area contributed by atoms with Crippen LogP contribution >= 0.6 is 11.3 Å². The number of rotatable bonds is 6. The van der Waals surface area contributed by atoms with Gasteiger partial charge in [0.1, 0.15) is 0 Å². The summed E-state index contributed by atoms with van der Waals surface area (Å²) in [5, 5.41) is 8.88. The first-order valence-electron chi connectivity index (χ1n) is 17.7. The fraction of sp³-hybridized carbons (Fsp3) is 0. The minimum Gasteiger partial charge on any atom is -0.311 e. The summed E-state index contributed by atoms with van der Waals surface area (Å²) in [4.78, 5) is 3.64. The first-order chi connectivity index (χ1) is 25.7. The van der Waals surface area contributed by atoms with Crippen molar-refractivity contribution in [2.45, 2.75) is 0 Å². The Morgan fingerprint density at radius 3 is 1.13 bits per heavy atom. The molecular weight excluding hydrogens is 647 g/mol. The molecule has 0 aliphatic heterocycles. The van der Waals surface area contributed by atoms with E-state index < -0.39 is 0 Å². The highest BCUT2D eigenvalue weighted by Crippen LogP contribution is 2.40. The molecule has 0 fully saturated rings. The SMILES string of the molecule is c1ccc2cc(-c3ccc(N(c4ccc(-c5ccc6ccccc6c5)cc4)c4ccc(-c5cc6cc7ccccc7cc6s5)cc4)cc3)ccc2c1. The van der Waals surface area contributed by atoms with Crippen LogP contribution in [0.4, 0.5) is 17.1 Å². The van der Waals surface area contributed by atoms with Crippen LogP contribution in [0.15, 0.2) is 200 Å². The van der Waals surface area contributed by atoms with Crippen molar-refractivity contribution in [3.8, 4) is 32.7 Å². The van der Waals surface area contributed by atoms with Gasteiger partial charge in [-0.3, -0.25) is 0 Å². The molecular formula is C50H33NS. The molecule has 0 N–H and O–H groups in total. The smallest absolute Gasteiger partial charge is 0.0462 e. The molecule has 0 aliphatic carbocycles. The van der Waals surface area contributed by atoms with E-state index >= 15 is 0 Å². The molecule has 9 aromatic carbocycles. The fourth-order valence-electron chi connectivity index (χ4n) is 7.44. The lowest BCUT2D eigenvalue weighted by Crippen LogP contribution is -2.09. The second-order valence-electron chi connectivity index (χ2n) is 13.4. The van der Waals surface area contributed by atoms with E-state index in [1.54, 1.807) is 0 Å². The number of benzene rings is 9. The Balaban J connectivity index is 1.02. The molecule has 0 saturated heterocycles. The summed E-state index contributed by atoms with van der Waals surface area (Å²) in [5.41, 5.74) is 9.42. The summed E-state index contributed by atoms with van der Waals surface area (Å²) in [6.07, 6.45) is 0. The monoisotopic (exact) mass is 679 g/mol. The molecule has 0 radical (unpaired) electrons. The van der Waals surface area contributed by atoms with Crippen molar-refractivity contribution in [2.75, 3.05) is 4.90 Å². The molecule has 0 bridgehead atoms. The largest absolute Gasteiger partial charge is 0.311 e. The number of thiophene rings is 1. The lowest BCUT2D eigenvalue weighted by atomic mass is 10.00. The Labute approximate surface area is 307 Å². The van der Waals surface area contributed by atoms with Crippen molar-refractivity contribution in [2.24, 2.45) is 0 Å². The van der Waals surface area contributed by atoms with Gasteiger partial charge in [0, 0.05) is 26.6 Å². The van der Waals surface area contributed by atoms with E-state index in [0.717, 1.165) is 17.1 Å². The zero-order valence-corrected chi connectivity index (χ0v) is 29.2. The molecule has 10 rings (SSSR count). The molecule has 244 valence electrons. The zero-order chi connectivity index (χ0) is 34.4. The van der Waals surface area contributed by atoms with Gasteiger partial charge < -0.3 is 4.90 Å². The summed E-state index contributed by atoms with van der Waals surface area (Å²) in [5.74, 6) is 0. The van der Waals surface area contributed by atoms with Crippen LogP contribution in [-0.4, -0.2) is 0 Å². The van der Waals surface area contributed by atoms with Gasteiger partial charge in [-0.05, 0) is 132 Å². The van der Waals surface area contributed by atoms with E-state index in [2.05, 4.69) is 205 Å². The van der Waals surface area contributed by atoms with E-state index in [1.165, 1.54) is 75.1 Å². The van der Waals surface area contributed by atoms with Crippen LogP contribution in [-0.2, 0) is 0 Å². The second kappa shape index (κ2) is 12.7. The average Bonchev–Trinajstić information content (AvgIpc) is 3.63. The van der Waals surface area contributed by atoms with Crippen molar-refractivity contribution in [1.82, 2.24) is 0 Å². The molecule has 0 atom stereocenters. The predicted molar refractivity (Wildman–Crippen MR) is 225 cm³/mol. The molecule has 52 heavy (non-hydrogen) atoms. The van der Waals surface area contributed by atoms with Crippen molar-refractivity contribution < 1.29 is 0 Å². The first kappa shape index (κ1) is 30.4. The molecule has 1 heterocycles. The summed E-state index contributed by atoms with van der Waals surface area (Å²) in [6, 6.07) is 73.0. The summed E-state index contributed by atoms with van der Waals surface area (Å²) in [7, 11) is 0. The molecule has 0 amide bonds. The summed E-state index contributed by atoms with van der Waals surface area (Å²) < 4.78 is 1.32. The highest BCUT2D eigenvalue weighted by atomic mass is 32.1. The highest BCUT2D eigenvalue weighted by molar-refractivity contribution is 7.22. The van der Waals surface area contributed by atoms with E-state index in [-0.39, 0.29) is 0 Å². The fourth-order valence-corrected chi connectivity index (χ4v) is 8.53. The standard InChI is InChI=1S/C50H33NS/c1-3-9-39-29-43(15-13-34(39)7-1)36-17-23-46(24-18-36)51(47-25-19-37(20-26-47)44-16-14-35-8-2-4-10-40(35)30-44)48-27-21-38(22-28-48)49-33-45-31-41-11-5-6-12-42(41)32-50(45)52-49/h1-33H. The third-order valence-electron chi connectivity index (χ3n) is 10.2. The lowest BCUT2D eigenvalue weighted by molar-refractivity contribution is 1.28. The van der Waals surface area contributed by atoms with Gasteiger partial charge in [0.25, 0.3) is 0 Å². The number of fused-ring (bicyclic) bond motifs is 4. The molecule has 10 aromatic rings. The molecule has 1 aromatic heterocycles. The average molecular weight is 680 g/mol. The quantitative estimate of drug-likeness (QED) is 0.169. The zero-order valence-electron chi connectivity index (χ0n) is 28.4. The van der Waals surface area contributed by atoms with Gasteiger partial charge in [-0.15, -0.1) is 11.3 Å². The van der Waals surface area contributed by atoms with Crippen LogP contribution in [0.5, 0.6) is 0 Å². The number of nitrogens with zero attached hydrogens (tertiary/aromatic N) is 1. The molecule has 0 spiro atoms.